The first-order valence-corrected chi connectivity index (χ1v) is 8.49. The first kappa shape index (κ1) is 14.8. The maximum atomic E-state index is 12.8. The Morgan fingerprint density at radius 2 is 1.82 bits per heavy atom. The quantitative estimate of drug-likeness (QED) is 0.756. The molecule has 0 amide bonds. The van der Waals surface area contributed by atoms with Crippen LogP contribution in [-0.2, 0) is 10.0 Å². The highest BCUT2D eigenvalue weighted by Gasteiger charge is 2.24. The van der Waals surface area contributed by atoms with E-state index in [2.05, 4.69) is 15.9 Å². The van der Waals surface area contributed by atoms with Gasteiger partial charge in [0.05, 0.1) is 11.1 Å². The van der Waals surface area contributed by atoms with Gasteiger partial charge in [-0.1, -0.05) is 28.1 Å². The van der Waals surface area contributed by atoms with E-state index in [0.29, 0.717) is 5.52 Å². The third-order valence-electron chi connectivity index (χ3n) is 3.27. The van der Waals surface area contributed by atoms with Gasteiger partial charge in [0.2, 0.25) is 0 Å². The minimum Gasteiger partial charge on any atom is -0.478 e. The molecule has 5 nitrogen and oxygen atoms in total. The molecule has 3 aromatic rings. The summed E-state index contributed by atoms with van der Waals surface area (Å²) in [5, 5.41) is 9.94. The van der Waals surface area contributed by atoms with Crippen LogP contribution in [0.25, 0.3) is 10.9 Å². The fourth-order valence-corrected chi connectivity index (χ4v) is 4.19. The molecule has 0 aliphatic carbocycles. The number of halogens is 1. The molecule has 0 unspecified atom stereocenters. The summed E-state index contributed by atoms with van der Waals surface area (Å²) in [4.78, 5) is 11.0. The largest absolute Gasteiger partial charge is 0.478 e. The molecule has 0 aliphatic rings. The Morgan fingerprint density at radius 1 is 1.09 bits per heavy atom. The number of nitrogens with zero attached hydrogens (tertiary/aromatic N) is 1. The number of carbonyl (C=O) groups is 1. The lowest BCUT2D eigenvalue weighted by molar-refractivity contribution is 0.0692. The maximum Gasteiger partial charge on any atom is 0.337 e. The Kier molecular flexibility index (Phi) is 3.54. The lowest BCUT2D eigenvalue weighted by atomic mass is 10.2. The maximum absolute atomic E-state index is 12.8. The average Bonchev–Trinajstić information content (AvgIpc) is 2.90. The normalized spacial score (nSPS) is 11.7. The molecule has 0 spiro atoms. The number of benzene rings is 2. The summed E-state index contributed by atoms with van der Waals surface area (Å²) < 4.78 is 27.5. The van der Waals surface area contributed by atoms with Crippen molar-refractivity contribution in [1.29, 1.82) is 0 Å². The minimum atomic E-state index is -3.99. The first-order valence-electron chi connectivity index (χ1n) is 6.26. The highest BCUT2D eigenvalue weighted by molar-refractivity contribution is 9.10. The van der Waals surface area contributed by atoms with Crippen molar-refractivity contribution >= 4 is 42.8 Å². The van der Waals surface area contributed by atoms with Crippen molar-refractivity contribution in [1.82, 2.24) is 3.97 Å². The van der Waals surface area contributed by atoms with Gasteiger partial charge in [0.1, 0.15) is 4.90 Å². The number of fused-ring (bicyclic) bond motifs is 1. The standard InChI is InChI=1S/C15H10BrNO4S/c16-11-5-6-13-10(9-11)7-8-17(13)22(20,21)14-4-2-1-3-12(14)15(18)19/h1-9H,(H,18,19). The summed E-state index contributed by atoms with van der Waals surface area (Å²) in [6.45, 7) is 0. The number of hydrogen-bond acceptors (Lipinski definition) is 3. The number of carboxylic acids is 1. The van der Waals surface area contributed by atoms with Crippen LogP contribution in [-0.4, -0.2) is 23.5 Å². The van der Waals surface area contributed by atoms with E-state index in [0.717, 1.165) is 13.8 Å². The van der Waals surface area contributed by atoms with E-state index < -0.39 is 16.0 Å². The van der Waals surface area contributed by atoms with Gasteiger partial charge in [-0.2, -0.15) is 0 Å². The van der Waals surface area contributed by atoms with Gasteiger partial charge in [-0.3, -0.25) is 0 Å². The SMILES string of the molecule is O=C(O)c1ccccc1S(=O)(=O)n1ccc2cc(Br)ccc21. The average molecular weight is 380 g/mol. The zero-order valence-electron chi connectivity index (χ0n) is 11.1. The molecule has 112 valence electrons. The van der Waals surface area contributed by atoms with Gasteiger partial charge >= 0.3 is 5.97 Å². The van der Waals surface area contributed by atoms with E-state index in [-0.39, 0.29) is 10.5 Å². The predicted molar refractivity (Wildman–Crippen MR) is 85.6 cm³/mol. The second-order valence-electron chi connectivity index (χ2n) is 4.62. The Hall–Kier alpha value is -2.12. The van der Waals surface area contributed by atoms with Crippen molar-refractivity contribution in [3.8, 4) is 0 Å². The molecule has 0 bridgehead atoms. The second-order valence-corrected chi connectivity index (χ2v) is 7.32. The van der Waals surface area contributed by atoms with Gasteiger partial charge in [0.25, 0.3) is 10.0 Å². The van der Waals surface area contributed by atoms with Crippen LogP contribution < -0.4 is 0 Å². The van der Waals surface area contributed by atoms with E-state index in [1.807, 2.05) is 0 Å². The van der Waals surface area contributed by atoms with Crippen LogP contribution in [0.1, 0.15) is 10.4 Å². The van der Waals surface area contributed by atoms with Crippen LogP contribution in [0, 0.1) is 0 Å². The third kappa shape index (κ3) is 2.32. The predicted octanol–water partition coefficient (Wildman–Crippen LogP) is 3.34. The number of aromatic nitrogens is 1. The molecule has 3 rings (SSSR count). The molecule has 0 radical (unpaired) electrons. The Labute approximate surface area is 135 Å². The van der Waals surface area contributed by atoms with E-state index in [1.54, 1.807) is 24.3 Å². The number of hydrogen-bond donors (Lipinski definition) is 1. The molecular formula is C15H10BrNO4S. The van der Waals surface area contributed by atoms with Gasteiger partial charge in [0.15, 0.2) is 0 Å². The fraction of sp³-hybridized carbons (Fsp3) is 0. The summed E-state index contributed by atoms with van der Waals surface area (Å²) in [6.07, 6.45) is 1.42. The number of carboxylic acid groups (broad SMARTS) is 1. The Bertz CT molecular complexity index is 992. The summed E-state index contributed by atoms with van der Waals surface area (Å²) >= 11 is 3.33. The van der Waals surface area contributed by atoms with Crippen LogP contribution in [0.4, 0.5) is 0 Å². The van der Waals surface area contributed by atoms with Gasteiger partial charge in [-0.25, -0.2) is 17.2 Å². The molecule has 0 fully saturated rings. The molecule has 0 saturated heterocycles. The van der Waals surface area contributed by atoms with Crippen molar-refractivity contribution in [3.63, 3.8) is 0 Å². The molecule has 0 atom stereocenters. The molecule has 0 aliphatic heterocycles. The van der Waals surface area contributed by atoms with Gasteiger partial charge in [-0.05, 0) is 36.4 Å². The molecule has 1 aromatic heterocycles. The van der Waals surface area contributed by atoms with Crippen molar-refractivity contribution in [2.45, 2.75) is 4.90 Å². The molecule has 7 heteroatoms. The van der Waals surface area contributed by atoms with Crippen LogP contribution in [0.15, 0.2) is 64.1 Å². The highest BCUT2D eigenvalue weighted by Crippen LogP contribution is 2.26. The van der Waals surface area contributed by atoms with Crippen molar-refractivity contribution in [2.24, 2.45) is 0 Å². The topological polar surface area (TPSA) is 76.4 Å². The number of aromatic carboxylic acids is 1. The van der Waals surface area contributed by atoms with Crippen molar-refractivity contribution < 1.29 is 18.3 Å². The zero-order valence-corrected chi connectivity index (χ0v) is 13.5. The van der Waals surface area contributed by atoms with Gasteiger partial charge in [0, 0.05) is 16.1 Å². The lowest BCUT2D eigenvalue weighted by Crippen LogP contribution is -2.15. The summed E-state index contributed by atoms with van der Waals surface area (Å²) in [5.74, 6) is -1.28. The smallest absolute Gasteiger partial charge is 0.337 e. The molecule has 0 saturated carbocycles. The van der Waals surface area contributed by atoms with E-state index >= 15 is 0 Å². The molecular weight excluding hydrogens is 370 g/mol. The first-order chi connectivity index (χ1) is 10.4. The van der Waals surface area contributed by atoms with E-state index in [9.17, 15) is 18.3 Å². The van der Waals surface area contributed by atoms with Crippen LogP contribution in [0.3, 0.4) is 0 Å². The Morgan fingerprint density at radius 3 is 2.55 bits per heavy atom. The molecule has 1 heterocycles. The van der Waals surface area contributed by atoms with Crippen LogP contribution >= 0.6 is 15.9 Å². The highest BCUT2D eigenvalue weighted by atomic mass is 79.9. The zero-order chi connectivity index (χ0) is 15.9. The lowest BCUT2D eigenvalue weighted by Gasteiger charge is -2.10. The number of rotatable bonds is 3. The minimum absolute atomic E-state index is 0.233. The Balaban J connectivity index is 2.28. The molecule has 2 aromatic carbocycles. The molecule has 22 heavy (non-hydrogen) atoms. The van der Waals surface area contributed by atoms with Gasteiger partial charge < -0.3 is 5.11 Å². The second kappa shape index (κ2) is 5.26. The van der Waals surface area contributed by atoms with E-state index in [1.165, 1.54) is 30.5 Å². The van der Waals surface area contributed by atoms with Crippen LogP contribution in [0.5, 0.6) is 0 Å². The van der Waals surface area contributed by atoms with Crippen LogP contribution in [0.2, 0.25) is 0 Å². The van der Waals surface area contributed by atoms with Crippen molar-refractivity contribution in [3.05, 3.63) is 64.8 Å². The summed E-state index contributed by atoms with van der Waals surface area (Å²) in [6, 6.07) is 12.4. The molecule has 1 N–H and O–H groups in total. The van der Waals surface area contributed by atoms with E-state index in [4.69, 9.17) is 0 Å². The third-order valence-corrected chi connectivity index (χ3v) is 5.51. The van der Waals surface area contributed by atoms with Gasteiger partial charge in [-0.15, -0.1) is 0 Å². The fourth-order valence-electron chi connectivity index (χ4n) is 2.27. The summed E-state index contributed by atoms with van der Waals surface area (Å²) in [7, 11) is -3.99. The summed E-state index contributed by atoms with van der Waals surface area (Å²) in [5.41, 5.74) is 0.241. The monoisotopic (exact) mass is 379 g/mol. The van der Waals surface area contributed by atoms with Crippen molar-refractivity contribution in [2.75, 3.05) is 0 Å².